The van der Waals surface area contributed by atoms with E-state index in [2.05, 4.69) is 10.3 Å². The molecule has 2 rings (SSSR count). The number of pyridine rings is 1. The Bertz CT molecular complexity index is 455. The Morgan fingerprint density at radius 1 is 1.50 bits per heavy atom. The van der Waals surface area contributed by atoms with Crippen LogP contribution >= 0.6 is 0 Å². The minimum Gasteiger partial charge on any atom is -0.349 e. The average molecular weight is 213 g/mol. The highest BCUT2D eigenvalue weighted by atomic mass is 16.1. The van der Waals surface area contributed by atoms with Crippen LogP contribution in [0.3, 0.4) is 0 Å². The van der Waals surface area contributed by atoms with Crippen molar-refractivity contribution in [1.82, 2.24) is 10.3 Å². The van der Waals surface area contributed by atoms with Gasteiger partial charge in [0.05, 0.1) is 0 Å². The van der Waals surface area contributed by atoms with E-state index in [0.717, 1.165) is 18.4 Å². The maximum atomic E-state index is 11.6. The van der Waals surface area contributed by atoms with Gasteiger partial charge in [-0.2, -0.15) is 5.26 Å². The number of rotatable bonds is 3. The van der Waals surface area contributed by atoms with E-state index in [4.69, 9.17) is 5.26 Å². The standard InChI is InChI=1S/C12H11N3O/c13-8-10(12(16)15-11-1-2-11)7-9-3-5-14-6-4-9/h3-7,11H,1-2H2,(H,15,16). The van der Waals surface area contributed by atoms with E-state index >= 15 is 0 Å². The largest absolute Gasteiger partial charge is 0.349 e. The molecule has 1 aromatic rings. The number of hydrogen-bond donors (Lipinski definition) is 1. The third-order valence-electron chi connectivity index (χ3n) is 2.29. The van der Waals surface area contributed by atoms with E-state index in [1.54, 1.807) is 30.6 Å². The van der Waals surface area contributed by atoms with E-state index in [1.165, 1.54) is 0 Å². The first kappa shape index (κ1) is 10.4. The number of nitrogens with zero attached hydrogens (tertiary/aromatic N) is 2. The van der Waals surface area contributed by atoms with Crippen molar-refractivity contribution in [3.8, 4) is 6.07 Å². The number of aromatic nitrogens is 1. The fourth-order valence-corrected chi connectivity index (χ4v) is 1.27. The highest BCUT2D eigenvalue weighted by Gasteiger charge is 2.24. The van der Waals surface area contributed by atoms with Gasteiger partial charge in [-0.1, -0.05) is 0 Å². The quantitative estimate of drug-likeness (QED) is 0.607. The van der Waals surface area contributed by atoms with Crippen LogP contribution in [0.5, 0.6) is 0 Å². The molecule has 0 atom stereocenters. The number of hydrogen-bond acceptors (Lipinski definition) is 3. The minimum absolute atomic E-state index is 0.137. The summed E-state index contributed by atoms with van der Waals surface area (Å²) in [5.41, 5.74) is 0.940. The van der Waals surface area contributed by atoms with Gasteiger partial charge in [0.15, 0.2) is 0 Å². The smallest absolute Gasteiger partial charge is 0.262 e. The Balaban J connectivity index is 2.12. The first-order chi connectivity index (χ1) is 7.79. The Kier molecular flexibility index (Phi) is 2.97. The second-order valence-electron chi connectivity index (χ2n) is 3.70. The van der Waals surface area contributed by atoms with E-state index in [9.17, 15) is 4.79 Å². The Labute approximate surface area is 93.6 Å². The van der Waals surface area contributed by atoms with Gasteiger partial charge < -0.3 is 5.32 Å². The summed E-state index contributed by atoms with van der Waals surface area (Å²) in [6, 6.07) is 5.68. The lowest BCUT2D eigenvalue weighted by Gasteiger charge is -2.00. The van der Waals surface area contributed by atoms with Crippen LogP contribution in [0.2, 0.25) is 0 Å². The molecule has 1 aliphatic rings. The molecule has 4 heteroatoms. The molecule has 0 aliphatic heterocycles. The molecule has 80 valence electrons. The molecule has 0 bridgehead atoms. The molecule has 1 aliphatic carbocycles. The van der Waals surface area contributed by atoms with Crippen molar-refractivity contribution in [3.05, 3.63) is 35.7 Å². The molecule has 1 N–H and O–H groups in total. The van der Waals surface area contributed by atoms with Crippen molar-refractivity contribution in [1.29, 1.82) is 5.26 Å². The average Bonchev–Trinajstić information content (AvgIpc) is 3.11. The lowest BCUT2D eigenvalue weighted by Crippen LogP contribution is -2.26. The molecular formula is C12H11N3O. The predicted molar refractivity (Wildman–Crippen MR) is 59.0 cm³/mol. The van der Waals surface area contributed by atoms with Gasteiger partial charge in [-0.25, -0.2) is 0 Å². The van der Waals surface area contributed by atoms with Crippen LogP contribution < -0.4 is 5.32 Å². The van der Waals surface area contributed by atoms with E-state index in [1.807, 2.05) is 6.07 Å². The van der Waals surface area contributed by atoms with Crippen LogP contribution in [-0.4, -0.2) is 16.9 Å². The zero-order valence-corrected chi connectivity index (χ0v) is 8.68. The van der Waals surface area contributed by atoms with Gasteiger partial charge in [0.1, 0.15) is 11.6 Å². The third kappa shape index (κ3) is 2.67. The van der Waals surface area contributed by atoms with Crippen molar-refractivity contribution < 1.29 is 4.79 Å². The normalized spacial score (nSPS) is 15.3. The molecule has 4 nitrogen and oxygen atoms in total. The van der Waals surface area contributed by atoms with Crippen LogP contribution in [0.1, 0.15) is 18.4 Å². The van der Waals surface area contributed by atoms with E-state index in [-0.39, 0.29) is 17.5 Å². The first-order valence-corrected chi connectivity index (χ1v) is 5.12. The number of carbonyl (C=O) groups is 1. The molecular weight excluding hydrogens is 202 g/mol. The van der Waals surface area contributed by atoms with Gasteiger partial charge in [-0.05, 0) is 36.6 Å². The lowest BCUT2D eigenvalue weighted by molar-refractivity contribution is -0.117. The molecule has 16 heavy (non-hydrogen) atoms. The third-order valence-corrected chi connectivity index (χ3v) is 2.29. The van der Waals surface area contributed by atoms with Gasteiger partial charge in [-0.15, -0.1) is 0 Å². The number of amides is 1. The van der Waals surface area contributed by atoms with Gasteiger partial charge in [0.2, 0.25) is 0 Å². The summed E-state index contributed by atoms with van der Waals surface area (Å²) in [7, 11) is 0. The molecule has 0 spiro atoms. The monoisotopic (exact) mass is 213 g/mol. The van der Waals surface area contributed by atoms with Crippen molar-refractivity contribution >= 4 is 12.0 Å². The number of nitriles is 1. The predicted octanol–water partition coefficient (Wildman–Crippen LogP) is 1.27. The highest BCUT2D eigenvalue weighted by Crippen LogP contribution is 2.19. The minimum atomic E-state index is -0.290. The Morgan fingerprint density at radius 2 is 2.19 bits per heavy atom. The zero-order valence-electron chi connectivity index (χ0n) is 8.68. The Hall–Kier alpha value is -2.15. The molecule has 1 saturated carbocycles. The second kappa shape index (κ2) is 4.58. The molecule has 0 unspecified atom stereocenters. The molecule has 1 fully saturated rings. The molecule has 0 saturated heterocycles. The molecule has 0 aromatic carbocycles. The van der Waals surface area contributed by atoms with Crippen LogP contribution in [0, 0.1) is 11.3 Å². The first-order valence-electron chi connectivity index (χ1n) is 5.12. The summed E-state index contributed by atoms with van der Waals surface area (Å²) >= 11 is 0. The summed E-state index contributed by atoms with van der Waals surface area (Å²) in [4.78, 5) is 15.5. The lowest BCUT2D eigenvalue weighted by atomic mass is 10.1. The van der Waals surface area contributed by atoms with E-state index in [0.29, 0.717) is 0 Å². The SMILES string of the molecule is N#CC(=Cc1ccncc1)C(=O)NC1CC1. The summed E-state index contributed by atoms with van der Waals surface area (Å²) in [6.07, 6.45) is 6.85. The van der Waals surface area contributed by atoms with Gasteiger partial charge in [-0.3, -0.25) is 9.78 Å². The zero-order chi connectivity index (χ0) is 11.4. The van der Waals surface area contributed by atoms with Crippen molar-refractivity contribution in [3.63, 3.8) is 0 Å². The van der Waals surface area contributed by atoms with Crippen LogP contribution in [0.4, 0.5) is 0 Å². The molecule has 0 radical (unpaired) electrons. The molecule has 1 amide bonds. The number of nitrogens with one attached hydrogen (secondary N) is 1. The number of carbonyl (C=O) groups excluding carboxylic acids is 1. The fraction of sp³-hybridized carbons (Fsp3) is 0.250. The second-order valence-corrected chi connectivity index (χ2v) is 3.70. The summed E-state index contributed by atoms with van der Waals surface area (Å²) < 4.78 is 0. The summed E-state index contributed by atoms with van der Waals surface area (Å²) in [6.45, 7) is 0. The van der Waals surface area contributed by atoms with Crippen LogP contribution in [0.15, 0.2) is 30.1 Å². The fourth-order valence-electron chi connectivity index (χ4n) is 1.27. The maximum absolute atomic E-state index is 11.6. The van der Waals surface area contributed by atoms with Crippen molar-refractivity contribution in [2.24, 2.45) is 0 Å². The van der Waals surface area contributed by atoms with Crippen LogP contribution in [-0.2, 0) is 4.79 Å². The van der Waals surface area contributed by atoms with Gasteiger partial charge >= 0.3 is 0 Å². The summed E-state index contributed by atoms with van der Waals surface area (Å²) in [5, 5.41) is 11.7. The topological polar surface area (TPSA) is 65.8 Å². The maximum Gasteiger partial charge on any atom is 0.262 e. The highest BCUT2D eigenvalue weighted by molar-refractivity contribution is 6.01. The molecule has 1 aromatic heterocycles. The van der Waals surface area contributed by atoms with Crippen molar-refractivity contribution in [2.75, 3.05) is 0 Å². The van der Waals surface area contributed by atoms with Gasteiger partial charge in [0.25, 0.3) is 5.91 Å². The van der Waals surface area contributed by atoms with Crippen molar-refractivity contribution in [2.45, 2.75) is 18.9 Å². The summed E-state index contributed by atoms with van der Waals surface area (Å²) in [5.74, 6) is -0.290. The molecule has 1 heterocycles. The van der Waals surface area contributed by atoms with E-state index < -0.39 is 0 Å². The van der Waals surface area contributed by atoms with Crippen LogP contribution in [0.25, 0.3) is 6.08 Å². The van der Waals surface area contributed by atoms with Gasteiger partial charge in [0, 0.05) is 18.4 Å². The Morgan fingerprint density at radius 3 is 2.75 bits per heavy atom.